The van der Waals surface area contributed by atoms with Crippen molar-refractivity contribution in [1.82, 2.24) is 15.8 Å². The summed E-state index contributed by atoms with van der Waals surface area (Å²) in [4.78, 5) is 4.13. The molecule has 0 radical (unpaired) electrons. The number of hydrogen-bond acceptors (Lipinski definition) is 3. The molecule has 3 nitrogen and oxygen atoms in total. The third kappa shape index (κ3) is 1.18. The average Bonchev–Trinajstić information content (AvgIpc) is 2.26. The number of pyridine rings is 1. The van der Waals surface area contributed by atoms with Crippen molar-refractivity contribution in [3.05, 3.63) is 41.7 Å². The van der Waals surface area contributed by atoms with E-state index in [1.165, 1.54) is 21.9 Å². The van der Waals surface area contributed by atoms with Crippen molar-refractivity contribution < 1.29 is 0 Å². The van der Waals surface area contributed by atoms with Crippen LogP contribution < -0.4 is 10.9 Å². The fraction of sp³-hybridized carbons (Fsp3) is 0.182. The molecule has 0 spiro atoms. The lowest BCUT2D eigenvalue weighted by Crippen LogP contribution is -2.35. The van der Waals surface area contributed by atoms with Crippen LogP contribution in [0.3, 0.4) is 0 Å². The van der Waals surface area contributed by atoms with Crippen LogP contribution in [-0.2, 0) is 13.1 Å². The molecule has 0 unspecified atom stereocenters. The monoisotopic (exact) mass is 185 g/mol. The minimum atomic E-state index is 0.889. The predicted octanol–water partition coefficient (Wildman–Crippen LogP) is 1.34. The second kappa shape index (κ2) is 3.04. The van der Waals surface area contributed by atoms with E-state index in [4.69, 9.17) is 0 Å². The van der Waals surface area contributed by atoms with Crippen LogP contribution in [0.4, 0.5) is 0 Å². The number of rotatable bonds is 0. The number of nitrogens with zero attached hydrogens (tertiary/aromatic N) is 1. The fourth-order valence-corrected chi connectivity index (χ4v) is 1.87. The second-order valence-corrected chi connectivity index (χ2v) is 3.55. The summed E-state index contributed by atoms with van der Waals surface area (Å²) in [5.74, 6) is 0. The fourth-order valence-electron chi connectivity index (χ4n) is 1.87. The molecule has 0 bridgehead atoms. The van der Waals surface area contributed by atoms with Gasteiger partial charge in [0.15, 0.2) is 0 Å². The van der Waals surface area contributed by atoms with Crippen LogP contribution in [0.5, 0.6) is 0 Å². The summed E-state index contributed by atoms with van der Waals surface area (Å²) in [6.45, 7) is 1.79. The van der Waals surface area contributed by atoms with E-state index in [2.05, 4.69) is 34.0 Å². The third-order valence-corrected chi connectivity index (χ3v) is 2.64. The van der Waals surface area contributed by atoms with E-state index in [0.29, 0.717) is 0 Å². The zero-order valence-electron chi connectivity index (χ0n) is 7.75. The van der Waals surface area contributed by atoms with E-state index in [1.54, 1.807) is 0 Å². The maximum atomic E-state index is 4.13. The van der Waals surface area contributed by atoms with Gasteiger partial charge in [0.2, 0.25) is 0 Å². The summed E-state index contributed by atoms with van der Waals surface area (Å²) < 4.78 is 0. The molecule has 0 aliphatic carbocycles. The Hall–Kier alpha value is -1.45. The first-order valence-corrected chi connectivity index (χ1v) is 4.75. The molecule has 0 fully saturated rings. The largest absolute Gasteiger partial charge is 0.264 e. The normalized spacial score (nSPS) is 15.4. The topological polar surface area (TPSA) is 37.0 Å². The average molecular weight is 185 g/mol. The zero-order chi connectivity index (χ0) is 9.38. The maximum absolute atomic E-state index is 4.13. The number of benzene rings is 1. The van der Waals surface area contributed by atoms with Gasteiger partial charge in [0.05, 0.1) is 0 Å². The summed E-state index contributed by atoms with van der Waals surface area (Å²) in [7, 11) is 0. The van der Waals surface area contributed by atoms with Gasteiger partial charge in [-0.2, -0.15) is 0 Å². The SMILES string of the molecule is c1cc2cc3c(cc2cn1)CNNC3. The highest BCUT2D eigenvalue weighted by atomic mass is 15.4. The Balaban J connectivity index is 2.27. The molecule has 0 amide bonds. The lowest BCUT2D eigenvalue weighted by Gasteiger charge is -2.18. The molecule has 2 N–H and O–H groups in total. The van der Waals surface area contributed by atoms with Crippen molar-refractivity contribution in [2.24, 2.45) is 0 Å². The molecular formula is C11H11N3. The van der Waals surface area contributed by atoms with Crippen LogP contribution in [0.25, 0.3) is 10.8 Å². The van der Waals surface area contributed by atoms with E-state index in [9.17, 15) is 0 Å². The molecule has 3 rings (SSSR count). The summed E-state index contributed by atoms with van der Waals surface area (Å²) in [6, 6.07) is 6.50. The Bertz CT molecular complexity index is 434. The summed E-state index contributed by atoms with van der Waals surface area (Å²) >= 11 is 0. The van der Waals surface area contributed by atoms with Gasteiger partial charge in [-0.3, -0.25) is 15.8 Å². The Labute approximate surface area is 82.1 Å². The number of aromatic nitrogens is 1. The van der Waals surface area contributed by atoms with E-state index >= 15 is 0 Å². The van der Waals surface area contributed by atoms with E-state index in [0.717, 1.165) is 13.1 Å². The number of fused-ring (bicyclic) bond motifs is 2. The molecular weight excluding hydrogens is 174 g/mol. The summed E-state index contributed by atoms with van der Waals surface area (Å²) in [6.07, 6.45) is 3.75. The van der Waals surface area contributed by atoms with Gasteiger partial charge in [0, 0.05) is 30.9 Å². The van der Waals surface area contributed by atoms with Crippen LogP contribution in [0, 0.1) is 0 Å². The van der Waals surface area contributed by atoms with Gasteiger partial charge in [-0.05, 0) is 34.7 Å². The van der Waals surface area contributed by atoms with Gasteiger partial charge in [-0.15, -0.1) is 0 Å². The molecule has 1 aliphatic heterocycles. The minimum Gasteiger partial charge on any atom is -0.264 e. The molecule has 70 valence electrons. The number of hydrogen-bond donors (Lipinski definition) is 2. The van der Waals surface area contributed by atoms with Crippen LogP contribution in [-0.4, -0.2) is 4.98 Å². The highest BCUT2D eigenvalue weighted by Gasteiger charge is 2.08. The quantitative estimate of drug-likeness (QED) is 0.650. The van der Waals surface area contributed by atoms with Crippen molar-refractivity contribution in [2.45, 2.75) is 13.1 Å². The van der Waals surface area contributed by atoms with Crippen molar-refractivity contribution in [2.75, 3.05) is 0 Å². The van der Waals surface area contributed by atoms with Crippen LogP contribution in [0.1, 0.15) is 11.1 Å². The molecule has 14 heavy (non-hydrogen) atoms. The summed E-state index contributed by atoms with van der Waals surface area (Å²) in [5, 5.41) is 2.48. The lowest BCUT2D eigenvalue weighted by atomic mass is 10.0. The van der Waals surface area contributed by atoms with Gasteiger partial charge in [0.1, 0.15) is 0 Å². The van der Waals surface area contributed by atoms with Crippen LogP contribution in [0.2, 0.25) is 0 Å². The van der Waals surface area contributed by atoms with Gasteiger partial charge in [0.25, 0.3) is 0 Å². The Morgan fingerprint density at radius 3 is 2.50 bits per heavy atom. The second-order valence-electron chi connectivity index (χ2n) is 3.55. The number of hydrazine groups is 1. The Morgan fingerprint density at radius 1 is 1.00 bits per heavy atom. The first-order valence-electron chi connectivity index (χ1n) is 4.75. The van der Waals surface area contributed by atoms with Crippen LogP contribution in [0.15, 0.2) is 30.6 Å². The lowest BCUT2D eigenvalue weighted by molar-refractivity contribution is 0.497. The molecule has 0 saturated heterocycles. The Kier molecular flexibility index (Phi) is 1.72. The van der Waals surface area contributed by atoms with E-state index in [-0.39, 0.29) is 0 Å². The molecule has 3 heteroatoms. The van der Waals surface area contributed by atoms with Crippen LogP contribution >= 0.6 is 0 Å². The molecule has 2 aromatic rings. The highest BCUT2D eigenvalue weighted by molar-refractivity contribution is 5.83. The zero-order valence-corrected chi connectivity index (χ0v) is 7.75. The van der Waals surface area contributed by atoms with Gasteiger partial charge >= 0.3 is 0 Å². The first-order chi connectivity index (χ1) is 6.93. The molecule has 0 saturated carbocycles. The van der Waals surface area contributed by atoms with Gasteiger partial charge in [-0.25, -0.2) is 0 Å². The third-order valence-electron chi connectivity index (χ3n) is 2.64. The first kappa shape index (κ1) is 7.91. The molecule has 0 atom stereocenters. The smallest absolute Gasteiger partial charge is 0.0354 e. The van der Waals surface area contributed by atoms with Crippen molar-refractivity contribution in [1.29, 1.82) is 0 Å². The molecule has 1 aromatic carbocycles. The van der Waals surface area contributed by atoms with Crippen molar-refractivity contribution >= 4 is 10.8 Å². The molecule has 1 aromatic heterocycles. The minimum absolute atomic E-state index is 0.889. The standard InChI is InChI=1S/C11H11N3/c1-2-12-5-9-4-11-7-14-13-6-10(11)3-8(1)9/h1-5,13-14H,6-7H2. The van der Waals surface area contributed by atoms with E-state index in [1.807, 2.05) is 12.4 Å². The van der Waals surface area contributed by atoms with Gasteiger partial charge in [-0.1, -0.05) is 0 Å². The molecule has 1 aliphatic rings. The highest BCUT2D eigenvalue weighted by Crippen LogP contribution is 2.20. The van der Waals surface area contributed by atoms with E-state index < -0.39 is 0 Å². The Morgan fingerprint density at radius 2 is 1.71 bits per heavy atom. The number of nitrogens with one attached hydrogen (secondary N) is 2. The summed E-state index contributed by atoms with van der Waals surface area (Å²) in [5.41, 5.74) is 9.02. The predicted molar refractivity (Wildman–Crippen MR) is 55.4 cm³/mol. The maximum Gasteiger partial charge on any atom is 0.0354 e. The molecule has 2 heterocycles. The van der Waals surface area contributed by atoms with Crippen molar-refractivity contribution in [3.8, 4) is 0 Å². The van der Waals surface area contributed by atoms with Crippen molar-refractivity contribution in [3.63, 3.8) is 0 Å². The van der Waals surface area contributed by atoms with Gasteiger partial charge < -0.3 is 0 Å².